The molecule has 0 spiro atoms. The zero-order chi connectivity index (χ0) is 19.4. The van der Waals surface area contributed by atoms with Gasteiger partial charge in [-0.2, -0.15) is 0 Å². The Bertz CT molecular complexity index is 924. The number of piperazine rings is 1. The Morgan fingerprint density at radius 2 is 2.14 bits per heavy atom. The molecule has 1 aliphatic rings. The number of aromatic nitrogens is 1. The van der Waals surface area contributed by atoms with Crippen LogP contribution in [-0.4, -0.2) is 58.0 Å². The lowest BCUT2D eigenvalue weighted by molar-refractivity contribution is 0.0633. The summed E-state index contributed by atoms with van der Waals surface area (Å²) in [5.41, 5.74) is 1.22. The average Bonchev–Trinajstić information content (AvgIpc) is 2.73. The highest BCUT2D eigenvalue weighted by atomic mass is 35.5. The highest BCUT2D eigenvalue weighted by Gasteiger charge is 2.30. The number of carbonyl (C=O) groups excluding carboxylic acids is 1. The maximum atomic E-state index is 13.2. The number of hydrogen-bond acceptors (Lipinski definition) is 6. The summed E-state index contributed by atoms with van der Waals surface area (Å²) in [4.78, 5) is 19.0. The predicted molar refractivity (Wildman–Crippen MR) is 107 cm³/mol. The van der Waals surface area contributed by atoms with Crippen LogP contribution in [0.25, 0.3) is 0 Å². The second-order valence-electron chi connectivity index (χ2n) is 6.08. The summed E-state index contributed by atoms with van der Waals surface area (Å²) < 4.78 is 32.0. The largest absolute Gasteiger partial charge is 0.495 e. The summed E-state index contributed by atoms with van der Waals surface area (Å²) in [7, 11) is -1.05. The summed E-state index contributed by atoms with van der Waals surface area (Å²) in [6, 6.07) is 8.02. The summed E-state index contributed by atoms with van der Waals surface area (Å²) in [6.45, 7) is 1.79. The van der Waals surface area contributed by atoms with E-state index in [1.807, 2.05) is 12.1 Å². The van der Waals surface area contributed by atoms with Crippen molar-refractivity contribution in [2.45, 2.75) is 10.9 Å². The molecule has 8 nitrogen and oxygen atoms in total. The number of rotatable bonds is 5. The van der Waals surface area contributed by atoms with E-state index in [9.17, 15) is 13.2 Å². The molecule has 2 N–H and O–H groups in total. The van der Waals surface area contributed by atoms with E-state index in [0.717, 1.165) is 5.56 Å². The van der Waals surface area contributed by atoms with E-state index in [1.54, 1.807) is 23.4 Å². The summed E-state index contributed by atoms with van der Waals surface area (Å²) in [5, 5.41) is 3.29. The molecule has 10 heteroatoms. The summed E-state index contributed by atoms with van der Waals surface area (Å²) in [5.74, 6) is -0.0504. The Labute approximate surface area is 170 Å². The molecule has 1 aliphatic heterocycles. The van der Waals surface area contributed by atoms with Gasteiger partial charge in [-0.3, -0.25) is 9.78 Å². The Balaban J connectivity index is 0.00000280. The first-order valence-corrected chi connectivity index (χ1v) is 9.99. The summed E-state index contributed by atoms with van der Waals surface area (Å²) in [6.07, 6.45) is 3.42. The van der Waals surface area contributed by atoms with Crippen molar-refractivity contribution in [3.63, 3.8) is 0 Å². The van der Waals surface area contributed by atoms with Crippen LogP contribution in [-0.2, 0) is 10.0 Å². The highest BCUT2D eigenvalue weighted by Crippen LogP contribution is 2.28. The number of nitrogens with one attached hydrogen (secondary N) is 2. The quantitative estimate of drug-likeness (QED) is 0.745. The van der Waals surface area contributed by atoms with Gasteiger partial charge in [0.2, 0.25) is 10.0 Å². The Morgan fingerprint density at radius 1 is 1.36 bits per heavy atom. The molecule has 0 aliphatic carbocycles. The number of halogens is 1. The zero-order valence-electron chi connectivity index (χ0n) is 15.6. The van der Waals surface area contributed by atoms with Crippen LogP contribution in [0, 0.1) is 0 Å². The van der Waals surface area contributed by atoms with E-state index in [4.69, 9.17) is 4.74 Å². The fourth-order valence-corrected chi connectivity index (χ4v) is 4.03. The third-order valence-corrected chi connectivity index (χ3v) is 5.98. The minimum atomic E-state index is -3.76. The molecule has 1 aromatic carbocycles. The number of sulfonamides is 1. The van der Waals surface area contributed by atoms with E-state index in [2.05, 4.69) is 15.0 Å². The van der Waals surface area contributed by atoms with Crippen molar-refractivity contribution < 1.29 is 17.9 Å². The van der Waals surface area contributed by atoms with Gasteiger partial charge >= 0.3 is 0 Å². The fourth-order valence-electron chi connectivity index (χ4n) is 3.11. The smallest absolute Gasteiger partial charge is 0.254 e. The second kappa shape index (κ2) is 9.33. The molecule has 0 saturated carbocycles. The van der Waals surface area contributed by atoms with Crippen LogP contribution >= 0.6 is 12.4 Å². The first-order valence-electron chi connectivity index (χ1n) is 8.51. The SMILES string of the molecule is CNS(=O)(=O)c1cc(C(=O)N2CCNCC2c2cccnc2)ccc1OC.Cl. The number of amides is 1. The number of methoxy groups -OCH3 is 1. The molecule has 1 amide bonds. The lowest BCUT2D eigenvalue weighted by Gasteiger charge is -2.36. The molecule has 1 aromatic heterocycles. The molecule has 1 saturated heterocycles. The highest BCUT2D eigenvalue weighted by molar-refractivity contribution is 7.89. The molecule has 1 atom stereocenters. The molecule has 0 radical (unpaired) electrons. The van der Waals surface area contributed by atoms with Gasteiger partial charge in [0, 0.05) is 37.6 Å². The van der Waals surface area contributed by atoms with Gasteiger partial charge in [-0.1, -0.05) is 6.07 Å². The third-order valence-electron chi connectivity index (χ3n) is 4.54. The minimum Gasteiger partial charge on any atom is -0.495 e. The van der Waals surface area contributed by atoms with Gasteiger partial charge in [0.25, 0.3) is 5.91 Å². The Hall–Kier alpha value is -2.20. The van der Waals surface area contributed by atoms with Crippen LogP contribution in [0.5, 0.6) is 5.75 Å². The lowest BCUT2D eigenvalue weighted by atomic mass is 10.0. The molecule has 152 valence electrons. The molecular formula is C18H23ClN4O4S. The predicted octanol–water partition coefficient (Wildman–Crippen LogP) is 1.21. The number of benzene rings is 1. The molecule has 2 heterocycles. The van der Waals surface area contributed by atoms with E-state index in [-0.39, 0.29) is 35.0 Å². The number of ether oxygens (including phenoxy) is 1. The molecular weight excluding hydrogens is 404 g/mol. The monoisotopic (exact) mass is 426 g/mol. The number of pyridine rings is 1. The molecule has 3 rings (SSSR count). The first kappa shape index (κ1) is 22.1. The van der Waals surface area contributed by atoms with Crippen molar-refractivity contribution in [1.82, 2.24) is 19.9 Å². The van der Waals surface area contributed by atoms with Crippen molar-refractivity contribution in [3.05, 3.63) is 53.9 Å². The van der Waals surface area contributed by atoms with Gasteiger partial charge in [0.15, 0.2) is 0 Å². The van der Waals surface area contributed by atoms with Crippen molar-refractivity contribution in [1.29, 1.82) is 0 Å². The maximum Gasteiger partial charge on any atom is 0.254 e. The van der Waals surface area contributed by atoms with Crippen molar-refractivity contribution >= 4 is 28.3 Å². The van der Waals surface area contributed by atoms with Gasteiger partial charge < -0.3 is 15.0 Å². The third kappa shape index (κ3) is 4.44. The second-order valence-corrected chi connectivity index (χ2v) is 7.93. The number of nitrogens with zero attached hydrogens (tertiary/aromatic N) is 2. The van der Waals surface area contributed by atoms with Crippen LogP contribution in [0.3, 0.4) is 0 Å². The molecule has 0 bridgehead atoms. The van der Waals surface area contributed by atoms with E-state index in [1.165, 1.54) is 26.3 Å². The van der Waals surface area contributed by atoms with Gasteiger partial charge in [0.1, 0.15) is 10.6 Å². The number of carbonyl (C=O) groups is 1. The van der Waals surface area contributed by atoms with Crippen LogP contribution < -0.4 is 14.8 Å². The molecule has 28 heavy (non-hydrogen) atoms. The minimum absolute atomic E-state index is 0. The van der Waals surface area contributed by atoms with Crippen LogP contribution in [0.2, 0.25) is 0 Å². The van der Waals surface area contributed by atoms with Crippen LogP contribution in [0.15, 0.2) is 47.6 Å². The zero-order valence-corrected chi connectivity index (χ0v) is 17.2. The van der Waals surface area contributed by atoms with Gasteiger partial charge in [0.05, 0.1) is 13.2 Å². The number of hydrogen-bond donors (Lipinski definition) is 2. The lowest BCUT2D eigenvalue weighted by Crippen LogP contribution is -2.48. The maximum absolute atomic E-state index is 13.2. The van der Waals surface area contributed by atoms with E-state index in [0.29, 0.717) is 25.2 Å². The van der Waals surface area contributed by atoms with Crippen LogP contribution in [0.4, 0.5) is 0 Å². The summed E-state index contributed by atoms with van der Waals surface area (Å²) >= 11 is 0. The molecule has 1 unspecified atom stereocenters. The Morgan fingerprint density at radius 3 is 2.79 bits per heavy atom. The average molecular weight is 427 g/mol. The van der Waals surface area contributed by atoms with Crippen LogP contribution in [0.1, 0.15) is 22.0 Å². The first-order chi connectivity index (χ1) is 13.0. The standard InChI is InChI=1S/C18H22N4O4S.ClH/c1-19-27(24,25)17-10-13(5-6-16(17)26-2)18(23)22-9-8-21-12-15(22)14-4-3-7-20-11-14;/h3-7,10-11,15,19,21H,8-9,12H2,1-2H3;1H. The van der Waals surface area contributed by atoms with E-state index >= 15 is 0 Å². The topological polar surface area (TPSA) is 101 Å². The van der Waals surface area contributed by atoms with Crippen molar-refractivity contribution in [2.75, 3.05) is 33.8 Å². The van der Waals surface area contributed by atoms with Gasteiger partial charge in [-0.05, 0) is 36.9 Å². The van der Waals surface area contributed by atoms with Gasteiger partial charge in [-0.25, -0.2) is 13.1 Å². The van der Waals surface area contributed by atoms with Crippen molar-refractivity contribution in [2.24, 2.45) is 0 Å². The molecule has 1 fully saturated rings. The van der Waals surface area contributed by atoms with E-state index < -0.39 is 10.0 Å². The van der Waals surface area contributed by atoms with Gasteiger partial charge in [-0.15, -0.1) is 12.4 Å². The normalized spacial score (nSPS) is 16.9. The van der Waals surface area contributed by atoms with Crippen molar-refractivity contribution in [3.8, 4) is 5.75 Å². The molecule has 2 aromatic rings. The Kier molecular flexibility index (Phi) is 7.36. The fraction of sp³-hybridized carbons (Fsp3) is 0.333.